The lowest BCUT2D eigenvalue weighted by atomic mass is 10.2. The summed E-state index contributed by atoms with van der Waals surface area (Å²) >= 11 is 0. The predicted octanol–water partition coefficient (Wildman–Crippen LogP) is 2.91. The van der Waals surface area contributed by atoms with Crippen molar-refractivity contribution >= 4 is 23.3 Å². The highest BCUT2D eigenvalue weighted by Gasteiger charge is 2.09. The number of aromatic carboxylic acids is 2. The average molecular weight is 302 g/mol. The van der Waals surface area contributed by atoms with Crippen molar-refractivity contribution in [1.82, 2.24) is 0 Å². The van der Waals surface area contributed by atoms with Gasteiger partial charge >= 0.3 is 11.9 Å². The van der Waals surface area contributed by atoms with Crippen molar-refractivity contribution in [2.75, 3.05) is 0 Å². The maximum absolute atomic E-state index is 10.7. The highest BCUT2D eigenvalue weighted by atomic mass is 16.4. The summed E-state index contributed by atoms with van der Waals surface area (Å²) < 4.78 is 0. The minimum absolute atomic E-state index is 0.00621. The van der Waals surface area contributed by atoms with Gasteiger partial charge in [-0.25, -0.2) is 9.59 Å². The first-order valence-corrected chi connectivity index (χ1v) is 5.93. The molecule has 0 aliphatic heterocycles. The summed E-state index contributed by atoms with van der Waals surface area (Å²) in [6, 6.07) is 7.03. The number of carboxylic acids is 2. The van der Waals surface area contributed by atoms with Crippen molar-refractivity contribution in [3.8, 4) is 11.5 Å². The summed E-state index contributed by atoms with van der Waals surface area (Å²) in [4.78, 5) is 21.5. The lowest BCUT2D eigenvalue weighted by Gasteiger charge is -2.01. The number of benzene rings is 2. The van der Waals surface area contributed by atoms with E-state index in [1.807, 2.05) is 0 Å². The molecule has 22 heavy (non-hydrogen) atoms. The molecule has 0 bridgehead atoms. The molecule has 0 aliphatic carbocycles. The topological polar surface area (TPSA) is 140 Å². The zero-order valence-electron chi connectivity index (χ0n) is 11.0. The third-order valence-electron chi connectivity index (χ3n) is 2.71. The minimum atomic E-state index is -1.19. The summed E-state index contributed by atoms with van der Waals surface area (Å²) in [6.45, 7) is 0. The number of rotatable bonds is 4. The van der Waals surface area contributed by atoms with Gasteiger partial charge in [-0.15, -0.1) is 10.2 Å². The van der Waals surface area contributed by atoms with Gasteiger partial charge in [-0.1, -0.05) is 0 Å². The molecule has 0 radical (unpaired) electrons. The minimum Gasteiger partial charge on any atom is -0.506 e. The van der Waals surface area contributed by atoms with Crippen LogP contribution in [0.2, 0.25) is 0 Å². The molecule has 0 atom stereocenters. The number of carboxylic acid groups (broad SMARTS) is 2. The third-order valence-corrected chi connectivity index (χ3v) is 2.71. The molecule has 0 aliphatic rings. The van der Waals surface area contributed by atoms with Crippen LogP contribution in [0.25, 0.3) is 0 Å². The van der Waals surface area contributed by atoms with Gasteiger partial charge in [-0.2, -0.15) is 0 Å². The molecule has 0 amide bonds. The molecule has 8 nitrogen and oxygen atoms in total. The number of carbonyl (C=O) groups is 2. The molecule has 0 unspecified atom stereocenters. The highest BCUT2D eigenvalue weighted by Crippen LogP contribution is 2.32. The van der Waals surface area contributed by atoms with Gasteiger partial charge in [-0.3, -0.25) is 0 Å². The van der Waals surface area contributed by atoms with Crippen LogP contribution in [0.15, 0.2) is 46.6 Å². The van der Waals surface area contributed by atoms with Crippen molar-refractivity contribution in [2.45, 2.75) is 0 Å². The first-order valence-electron chi connectivity index (χ1n) is 5.93. The zero-order valence-corrected chi connectivity index (χ0v) is 11.0. The van der Waals surface area contributed by atoms with E-state index in [1.165, 1.54) is 24.3 Å². The second kappa shape index (κ2) is 5.92. The second-order valence-electron chi connectivity index (χ2n) is 4.22. The van der Waals surface area contributed by atoms with Gasteiger partial charge in [0.2, 0.25) is 0 Å². The molecule has 2 aromatic carbocycles. The van der Waals surface area contributed by atoms with E-state index in [2.05, 4.69) is 10.2 Å². The maximum Gasteiger partial charge on any atom is 0.335 e. The fourth-order valence-corrected chi connectivity index (χ4v) is 1.59. The largest absolute Gasteiger partial charge is 0.506 e. The van der Waals surface area contributed by atoms with E-state index < -0.39 is 11.9 Å². The Balaban J connectivity index is 2.29. The Hall–Kier alpha value is -3.42. The van der Waals surface area contributed by atoms with Gasteiger partial charge in [0, 0.05) is 0 Å². The fraction of sp³-hybridized carbons (Fsp3) is 0. The van der Waals surface area contributed by atoms with E-state index in [-0.39, 0.29) is 34.0 Å². The van der Waals surface area contributed by atoms with Crippen LogP contribution in [0.3, 0.4) is 0 Å². The Kier molecular flexibility index (Phi) is 4.03. The van der Waals surface area contributed by atoms with Gasteiger partial charge in [-0.05, 0) is 36.4 Å². The monoisotopic (exact) mass is 302 g/mol. The van der Waals surface area contributed by atoms with Crippen LogP contribution in [0.5, 0.6) is 11.5 Å². The number of phenols is 2. The lowest BCUT2D eigenvalue weighted by Crippen LogP contribution is -1.94. The number of hydrogen-bond donors (Lipinski definition) is 4. The van der Waals surface area contributed by atoms with Gasteiger partial charge in [0.15, 0.2) is 0 Å². The van der Waals surface area contributed by atoms with Crippen LogP contribution in [0, 0.1) is 0 Å². The summed E-state index contributed by atoms with van der Waals surface area (Å²) in [5.41, 5.74) is -0.200. The standard InChI is InChI=1S/C14H10N2O6/c17-11-5-7(13(19)20)1-3-9(11)15-16-10-4-2-8(14(21)22)6-12(10)18/h1-6,17-18H,(H,19,20)(H,21,22)/b16-15+. The number of azo groups is 1. The van der Waals surface area contributed by atoms with E-state index in [1.54, 1.807) is 0 Å². The van der Waals surface area contributed by atoms with Gasteiger partial charge in [0.05, 0.1) is 11.1 Å². The zero-order chi connectivity index (χ0) is 16.3. The normalized spacial score (nSPS) is 10.7. The molecule has 0 aromatic heterocycles. The molecule has 8 heteroatoms. The number of hydrogen-bond acceptors (Lipinski definition) is 6. The van der Waals surface area contributed by atoms with Gasteiger partial charge in [0.1, 0.15) is 22.9 Å². The fourth-order valence-electron chi connectivity index (χ4n) is 1.59. The Morgan fingerprint density at radius 2 is 1.09 bits per heavy atom. The van der Waals surface area contributed by atoms with Gasteiger partial charge in [0.25, 0.3) is 0 Å². The maximum atomic E-state index is 10.7. The molecule has 0 heterocycles. The molecule has 0 spiro atoms. The number of phenolic OH excluding ortho intramolecular Hbond substituents is 2. The number of aromatic hydroxyl groups is 2. The van der Waals surface area contributed by atoms with Gasteiger partial charge < -0.3 is 20.4 Å². The van der Waals surface area contributed by atoms with Crippen LogP contribution in [-0.2, 0) is 0 Å². The van der Waals surface area contributed by atoms with E-state index >= 15 is 0 Å². The van der Waals surface area contributed by atoms with Crippen LogP contribution >= 0.6 is 0 Å². The molecule has 4 N–H and O–H groups in total. The molecule has 2 aromatic rings. The first-order chi connectivity index (χ1) is 10.4. The Morgan fingerprint density at radius 3 is 1.36 bits per heavy atom. The Labute approximate surface area is 123 Å². The predicted molar refractivity (Wildman–Crippen MR) is 74.3 cm³/mol. The lowest BCUT2D eigenvalue weighted by molar-refractivity contribution is 0.0686. The van der Waals surface area contributed by atoms with E-state index in [0.29, 0.717) is 0 Å². The van der Waals surface area contributed by atoms with Crippen LogP contribution in [0.4, 0.5) is 11.4 Å². The molecule has 0 fully saturated rings. The summed E-state index contributed by atoms with van der Waals surface area (Å²) in [5, 5.41) is 44.2. The molecule has 0 saturated heterocycles. The van der Waals surface area contributed by atoms with Crippen molar-refractivity contribution in [2.24, 2.45) is 10.2 Å². The third kappa shape index (κ3) is 3.18. The van der Waals surface area contributed by atoms with E-state index in [9.17, 15) is 19.8 Å². The van der Waals surface area contributed by atoms with Crippen molar-refractivity contribution in [3.05, 3.63) is 47.5 Å². The highest BCUT2D eigenvalue weighted by molar-refractivity contribution is 5.89. The van der Waals surface area contributed by atoms with Crippen LogP contribution in [0.1, 0.15) is 20.7 Å². The van der Waals surface area contributed by atoms with Crippen molar-refractivity contribution in [3.63, 3.8) is 0 Å². The Morgan fingerprint density at radius 1 is 0.727 bits per heavy atom. The van der Waals surface area contributed by atoms with Crippen LogP contribution in [-0.4, -0.2) is 32.4 Å². The average Bonchev–Trinajstić information content (AvgIpc) is 2.46. The molecule has 2 rings (SSSR count). The van der Waals surface area contributed by atoms with E-state index in [4.69, 9.17) is 10.2 Å². The summed E-state index contributed by atoms with van der Waals surface area (Å²) in [6.07, 6.45) is 0. The molecule has 0 saturated carbocycles. The SMILES string of the molecule is O=C(O)c1ccc(/N=N/c2ccc(C(=O)O)cc2O)c(O)c1. The summed E-state index contributed by atoms with van der Waals surface area (Å²) in [5.74, 6) is -3.16. The smallest absolute Gasteiger partial charge is 0.335 e. The van der Waals surface area contributed by atoms with Crippen molar-refractivity contribution < 1.29 is 30.0 Å². The molecular weight excluding hydrogens is 292 g/mol. The molecule has 112 valence electrons. The summed E-state index contributed by atoms with van der Waals surface area (Å²) in [7, 11) is 0. The first kappa shape index (κ1) is 15.0. The second-order valence-corrected chi connectivity index (χ2v) is 4.22. The quantitative estimate of drug-likeness (QED) is 0.640. The van der Waals surface area contributed by atoms with Crippen LogP contribution < -0.4 is 0 Å². The molecular formula is C14H10N2O6. The van der Waals surface area contributed by atoms with Crippen molar-refractivity contribution in [1.29, 1.82) is 0 Å². The Bertz CT molecular complexity index is 719. The number of nitrogens with zero attached hydrogens (tertiary/aromatic N) is 2. The van der Waals surface area contributed by atoms with E-state index in [0.717, 1.165) is 12.1 Å².